The van der Waals surface area contributed by atoms with Gasteiger partial charge in [-0.3, -0.25) is 4.90 Å². The first-order valence-corrected chi connectivity index (χ1v) is 6.22. The zero-order chi connectivity index (χ0) is 13.1. The number of carbonyl (C=O) groups excluding carboxylic acids is 1. The summed E-state index contributed by atoms with van der Waals surface area (Å²) in [6, 6.07) is 2.03. The van der Waals surface area contributed by atoms with E-state index in [1.165, 1.54) is 13.4 Å². The summed E-state index contributed by atoms with van der Waals surface area (Å²) in [5.41, 5.74) is 6.88. The largest absolute Gasteiger partial charge is 0.463 e. The molecule has 2 rings (SSSR count). The van der Waals surface area contributed by atoms with Gasteiger partial charge in [0.1, 0.15) is 0 Å². The van der Waals surface area contributed by atoms with E-state index in [1.54, 1.807) is 0 Å². The van der Waals surface area contributed by atoms with Crippen LogP contribution in [0.2, 0.25) is 0 Å². The third-order valence-electron chi connectivity index (χ3n) is 3.28. The van der Waals surface area contributed by atoms with Gasteiger partial charge in [0.25, 0.3) is 0 Å². The number of likely N-dealkylation sites (tertiary alicyclic amines) is 1. The molecule has 5 nitrogen and oxygen atoms in total. The van der Waals surface area contributed by atoms with E-state index in [4.69, 9.17) is 14.9 Å². The predicted octanol–water partition coefficient (Wildman–Crippen LogP) is 1.24. The lowest BCUT2D eigenvalue weighted by atomic mass is 9.96. The molecule has 0 amide bonds. The van der Waals surface area contributed by atoms with Gasteiger partial charge < -0.3 is 14.9 Å². The summed E-state index contributed by atoms with van der Waals surface area (Å²) >= 11 is 0. The third-order valence-corrected chi connectivity index (χ3v) is 3.28. The van der Waals surface area contributed by atoms with E-state index in [1.807, 2.05) is 6.07 Å². The number of methoxy groups -OCH3 is 1. The molecule has 1 aromatic heterocycles. The minimum Gasteiger partial charge on any atom is -0.463 e. The lowest BCUT2D eigenvalue weighted by Crippen LogP contribution is -2.45. The SMILES string of the molecule is COC(=O)c1occc1CN1CC(C)CC(N)C1. The molecule has 1 aromatic rings. The molecule has 1 saturated heterocycles. The van der Waals surface area contributed by atoms with E-state index in [2.05, 4.69) is 11.8 Å². The van der Waals surface area contributed by atoms with Gasteiger partial charge in [0.2, 0.25) is 5.76 Å². The summed E-state index contributed by atoms with van der Waals surface area (Å²) in [6.07, 6.45) is 2.58. The van der Waals surface area contributed by atoms with Crippen molar-refractivity contribution in [1.29, 1.82) is 0 Å². The highest BCUT2D eigenvalue weighted by Crippen LogP contribution is 2.20. The molecule has 0 aromatic carbocycles. The molecule has 2 heterocycles. The molecule has 2 unspecified atom stereocenters. The number of furan rings is 1. The molecule has 0 saturated carbocycles. The third kappa shape index (κ3) is 2.91. The lowest BCUT2D eigenvalue weighted by molar-refractivity contribution is 0.0560. The van der Waals surface area contributed by atoms with Gasteiger partial charge in [0.15, 0.2) is 0 Å². The fourth-order valence-corrected chi connectivity index (χ4v) is 2.61. The van der Waals surface area contributed by atoms with Crippen molar-refractivity contribution in [3.8, 4) is 0 Å². The van der Waals surface area contributed by atoms with Crippen LogP contribution in [-0.4, -0.2) is 37.1 Å². The van der Waals surface area contributed by atoms with Crippen LogP contribution in [0, 0.1) is 5.92 Å². The fraction of sp³-hybridized carbons (Fsp3) is 0.615. The topological polar surface area (TPSA) is 68.7 Å². The molecule has 2 atom stereocenters. The van der Waals surface area contributed by atoms with Crippen molar-refractivity contribution in [1.82, 2.24) is 4.90 Å². The van der Waals surface area contributed by atoms with Gasteiger partial charge in [-0.15, -0.1) is 0 Å². The molecule has 0 bridgehead atoms. The van der Waals surface area contributed by atoms with Crippen LogP contribution in [0.25, 0.3) is 0 Å². The summed E-state index contributed by atoms with van der Waals surface area (Å²) < 4.78 is 9.87. The van der Waals surface area contributed by atoms with E-state index in [0.717, 1.165) is 25.1 Å². The van der Waals surface area contributed by atoms with E-state index < -0.39 is 5.97 Å². The van der Waals surface area contributed by atoms with E-state index in [9.17, 15) is 4.79 Å². The molecule has 1 aliphatic rings. The average Bonchev–Trinajstić information content (AvgIpc) is 2.74. The Bertz CT molecular complexity index is 406. The quantitative estimate of drug-likeness (QED) is 0.820. The first-order chi connectivity index (χ1) is 8.60. The van der Waals surface area contributed by atoms with Crippen molar-refractivity contribution in [3.63, 3.8) is 0 Å². The maximum Gasteiger partial charge on any atom is 0.374 e. The number of ether oxygens (including phenoxy) is 1. The monoisotopic (exact) mass is 252 g/mol. The Morgan fingerprint density at radius 3 is 3.06 bits per heavy atom. The summed E-state index contributed by atoms with van der Waals surface area (Å²) in [4.78, 5) is 13.8. The average molecular weight is 252 g/mol. The molecule has 0 aliphatic carbocycles. The predicted molar refractivity (Wildman–Crippen MR) is 67.1 cm³/mol. The highest BCUT2D eigenvalue weighted by atomic mass is 16.5. The molecule has 18 heavy (non-hydrogen) atoms. The number of esters is 1. The number of nitrogens with two attached hydrogens (primary N) is 1. The molecule has 0 radical (unpaired) electrons. The molecular weight excluding hydrogens is 232 g/mol. The van der Waals surface area contributed by atoms with Gasteiger partial charge in [0.05, 0.1) is 13.4 Å². The zero-order valence-corrected chi connectivity index (χ0v) is 10.9. The van der Waals surface area contributed by atoms with Crippen molar-refractivity contribution in [2.24, 2.45) is 11.7 Å². The van der Waals surface area contributed by atoms with Crippen LogP contribution in [0.4, 0.5) is 0 Å². The van der Waals surface area contributed by atoms with Gasteiger partial charge in [0, 0.05) is 31.2 Å². The second-order valence-electron chi connectivity index (χ2n) is 5.06. The maximum absolute atomic E-state index is 11.5. The van der Waals surface area contributed by atoms with Gasteiger partial charge in [-0.2, -0.15) is 0 Å². The molecule has 100 valence electrons. The van der Waals surface area contributed by atoms with Crippen molar-refractivity contribution in [2.75, 3.05) is 20.2 Å². The number of carbonyl (C=O) groups is 1. The van der Waals surface area contributed by atoms with Gasteiger partial charge in [-0.05, 0) is 18.4 Å². The van der Waals surface area contributed by atoms with Gasteiger partial charge in [-0.25, -0.2) is 4.79 Å². The minimum atomic E-state index is -0.427. The minimum absolute atomic E-state index is 0.210. The van der Waals surface area contributed by atoms with Crippen LogP contribution in [0.5, 0.6) is 0 Å². The van der Waals surface area contributed by atoms with Crippen molar-refractivity contribution >= 4 is 5.97 Å². The summed E-state index contributed by atoms with van der Waals surface area (Å²) in [7, 11) is 1.35. The van der Waals surface area contributed by atoms with Gasteiger partial charge in [-0.1, -0.05) is 6.92 Å². The number of piperidine rings is 1. The normalized spacial score (nSPS) is 25.1. The Hall–Kier alpha value is -1.33. The molecule has 0 spiro atoms. The van der Waals surface area contributed by atoms with Gasteiger partial charge >= 0.3 is 5.97 Å². The van der Waals surface area contributed by atoms with E-state index in [-0.39, 0.29) is 6.04 Å². The Kier molecular flexibility index (Phi) is 4.04. The van der Waals surface area contributed by atoms with E-state index in [0.29, 0.717) is 18.2 Å². The highest BCUT2D eigenvalue weighted by Gasteiger charge is 2.24. The second-order valence-corrected chi connectivity index (χ2v) is 5.06. The maximum atomic E-state index is 11.5. The first kappa shape index (κ1) is 13.1. The Balaban J connectivity index is 2.05. The molecule has 1 fully saturated rings. The highest BCUT2D eigenvalue weighted by molar-refractivity contribution is 5.87. The summed E-state index contributed by atoms with van der Waals surface area (Å²) in [5.74, 6) is 0.455. The van der Waals surface area contributed by atoms with Crippen molar-refractivity contribution in [3.05, 3.63) is 23.7 Å². The smallest absolute Gasteiger partial charge is 0.374 e. The summed E-state index contributed by atoms with van der Waals surface area (Å²) in [5, 5.41) is 0. The van der Waals surface area contributed by atoms with Crippen molar-refractivity contribution in [2.45, 2.75) is 25.9 Å². The van der Waals surface area contributed by atoms with Crippen LogP contribution in [-0.2, 0) is 11.3 Å². The molecule has 1 aliphatic heterocycles. The van der Waals surface area contributed by atoms with Crippen molar-refractivity contribution < 1.29 is 13.9 Å². The number of rotatable bonds is 3. The second kappa shape index (κ2) is 5.54. The Morgan fingerprint density at radius 2 is 2.39 bits per heavy atom. The number of hydrogen-bond acceptors (Lipinski definition) is 5. The van der Waals surface area contributed by atoms with Crippen LogP contribution in [0.15, 0.2) is 16.7 Å². The van der Waals surface area contributed by atoms with Crippen LogP contribution in [0.3, 0.4) is 0 Å². The van der Waals surface area contributed by atoms with Crippen LogP contribution in [0.1, 0.15) is 29.5 Å². The summed E-state index contributed by atoms with van der Waals surface area (Å²) in [6.45, 7) is 4.73. The molecule has 5 heteroatoms. The fourth-order valence-electron chi connectivity index (χ4n) is 2.61. The first-order valence-electron chi connectivity index (χ1n) is 6.22. The van der Waals surface area contributed by atoms with E-state index >= 15 is 0 Å². The zero-order valence-electron chi connectivity index (χ0n) is 10.9. The standard InChI is InChI=1S/C13H20N2O3/c1-9-5-11(14)8-15(6-9)7-10-3-4-18-12(10)13(16)17-2/h3-4,9,11H,5-8,14H2,1-2H3. The Labute approximate surface area is 107 Å². The Morgan fingerprint density at radius 1 is 1.61 bits per heavy atom. The number of nitrogens with zero attached hydrogens (tertiary/aromatic N) is 1. The lowest BCUT2D eigenvalue weighted by Gasteiger charge is -2.34. The van der Waals surface area contributed by atoms with Crippen LogP contribution >= 0.6 is 0 Å². The molecule has 2 N–H and O–H groups in total. The number of hydrogen-bond donors (Lipinski definition) is 1. The van der Waals surface area contributed by atoms with Crippen LogP contribution < -0.4 is 5.73 Å². The molecular formula is C13H20N2O3.